The van der Waals surface area contributed by atoms with E-state index in [0.29, 0.717) is 43.0 Å². The Morgan fingerprint density at radius 2 is 1.65 bits per heavy atom. The second-order valence-electron chi connectivity index (χ2n) is 6.76. The third-order valence-electron chi connectivity index (χ3n) is 4.37. The van der Waals surface area contributed by atoms with Gasteiger partial charge in [-0.15, -0.1) is 0 Å². The number of ether oxygens (including phenoxy) is 1. The number of carbonyl (C=O) groups excluding carboxylic acids is 1. The van der Waals surface area contributed by atoms with E-state index in [-0.39, 0.29) is 16.6 Å². The highest BCUT2D eigenvalue weighted by atomic mass is 32.2. The molecule has 6 nitrogen and oxygen atoms in total. The molecule has 3 aromatic carbocycles. The minimum Gasteiger partial charge on any atom is -0.494 e. The molecule has 0 atom stereocenters. The van der Waals surface area contributed by atoms with Crippen LogP contribution in [0.1, 0.15) is 23.2 Å². The highest BCUT2D eigenvalue weighted by Gasteiger charge is 2.14. The van der Waals surface area contributed by atoms with Gasteiger partial charge in [-0.05, 0) is 67.4 Å². The molecule has 2 N–H and O–H groups in total. The smallest absolute Gasteiger partial charge is 0.261 e. The van der Waals surface area contributed by atoms with E-state index in [1.54, 1.807) is 48.5 Å². The molecular formula is C23H23FN2O4S. The third kappa shape index (κ3) is 6.82. The average Bonchev–Trinajstić information content (AvgIpc) is 2.77. The van der Waals surface area contributed by atoms with E-state index in [0.717, 1.165) is 0 Å². The average molecular weight is 443 g/mol. The van der Waals surface area contributed by atoms with E-state index in [9.17, 15) is 17.6 Å². The number of hydrogen-bond donors (Lipinski definition) is 2. The molecule has 0 saturated carbocycles. The van der Waals surface area contributed by atoms with Crippen molar-refractivity contribution in [2.24, 2.45) is 0 Å². The summed E-state index contributed by atoms with van der Waals surface area (Å²) in [7, 11) is -3.72. The number of unbranched alkanes of at least 4 members (excludes halogenated alkanes) is 1. The molecule has 3 aromatic rings. The molecule has 1 amide bonds. The molecule has 0 spiro atoms. The number of nitrogens with one attached hydrogen (secondary N) is 2. The Labute approximate surface area is 181 Å². The fourth-order valence-corrected chi connectivity index (χ4v) is 3.86. The molecule has 0 heterocycles. The SMILES string of the molecule is O=C(NCCCCOc1ccc(F)cc1)c1cccc(NS(=O)(=O)c2ccccc2)c1. The van der Waals surface area contributed by atoms with Crippen LogP contribution in [0.3, 0.4) is 0 Å². The number of carbonyl (C=O) groups is 1. The van der Waals surface area contributed by atoms with Crippen LogP contribution < -0.4 is 14.8 Å². The lowest BCUT2D eigenvalue weighted by molar-refractivity contribution is 0.0952. The van der Waals surface area contributed by atoms with Gasteiger partial charge < -0.3 is 10.1 Å². The molecule has 8 heteroatoms. The van der Waals surface area contributed by atoms with Gasteiger partial charge in [0.15, 0.2) is 0 Å². The molecule has 162 valence electrons. The van der Waals surface area contributed by atoms with Crippen LogP contribution in [-0.4, -0.2) is 27.5 Å². The van der Waals surface area contributed by atoms with Crippen molar-refractivity contribution in [3.63, 3.8) is 0 Å². The third-order valence-corrected chi connectivity index (χ3v) is 5.77. The van der Waals surface area contributed by atoms with Crippen molar-refractivity contribution >= 4 is 21.6 Å². The van der Waals surface area contributed by atoms with Gasteiger partial charge in [0.1, 0.15) is 11.6 Å². The van der Waals surface area contributed by atoms with Crippen molar-refractivity contribution in [2.75, 3.05) is 17.9 Å². The lowest BCUT2D eigenvalue weighted by Gasteiger charge is -2.10. The Morgan fingerprint density at radius 3 is 2.39 bits per heavy atom. The van der Waals surface area contributed by atoms with Gasteiger partial charge in [0.25, 0.3) is 15.9 Å². The summed E-state index contributed by atoms with van der Waals surface area (Å²) in [6.45, 7) is 0.907. The molecule has 0 radical (unpaired) electrons. The minimum absolute atomic E-state index is 0.146. The summed E-state index contributed by atoms with van der Waals surface area (Å²) in [6, 6.07) is 20.1. The topological polar surface area (TPSA) is 84.5 Å². The van der Waals surface area contributed by atoms with Crippen molar-refractivity contribution < 1.29 is 22.3 Å². The summed E-state index contributed by atoms with van der Waals surface area (Å²) >= 11 is 0. The van der Waals surface area contributed by atoms with E-state index >= 15 is 0 Å². The maximum atomic E-state index is 12.8. The lowest BCUT2D eigenvalue weighted by Crippen LogP contribution is -2.25. The number of halogens is 1. The van der Waals surface area contributed by atoms with E-state index < -0.39 is 10.0 Å². The van der Waals surface area contributed by atoms with E-state index in [4.69, 9.17) is 4.74 Å². The molecule has 0 bridgehead atoms. The summed E-state index contributed by atoms with van der Waals surface area (Å²) in [6.07, 6.45) is 1.42. The van der Waals surface area contributed by atoms with Crippen LogP contribution in [0.25, 0.3) is 0 Å². The Balaban J connectivity index is 1.45. The molecule has 0 aliphatic rings. The zero-order valence-corrected chi connectivity index (χ0v) is 17.6. The monoisotopic (exact) mass is 442 g/mol. The summed E-state index contributed by atoms with van der Waals surface area (Å²) in [5.41, 5.74) is 0.667. The number of sulfonamides is 1. The Hall–Kier alpha value is -3.39. The van der Waals surface area contributed by atoms with Gasteiger partial charge in [-0.25, -0.2) is 12.8 Å². The normalized spacial score (nSPS) is 11.0. The van der Waals surface area contributed by atoms with E-state index in [1.165, 1.54) is 30.3 Å². The van der Waals surface area contributed by atoms with Crippen LogP contribution in [0.15, 0.2) is 83.8 Å². The predicted molar refractivity (Wildman–Crippen MR) is 117 cm³/mol. The summed E-state index contributed by atoms with van der Waals surface area (Å²) in [4.78, 5) is 12.5. The van der Waals surface area contributed by atoms with Crippen molar-refractivity contribution in [3.8, 4) is 5.75 Å². The van der Waals surface area contributed by atoms with Gasteiger partial charge in [-0.1, -0.05) is 24.3 Å². The van der Waals surface area contributed by atoms with E-state index in [2.05, 4.69) is 10.0 Å². The van der Waals surface area contributed by atoms with Crippen LogP contribution in [0.4, 0.5) is 10.1 Å². The Morgan fingerprint density at radius 1 is 0.903 bits per heavy atom. The van der Waals surface area contributed by atoms with Crippen LogP contribution in [-0.2, 0) is 10.0 Å². The first-order valence-electron chi connectivity index (χ1n) is 9.78. The van der Waals surface area contributed by atoms with Crippen LogP contribution in [0.5, 0.6) is 5.75 Å². The molecule has 0 fully saturated rings. The number of benzene rings is 3. The van der Waals surface area contributed by atoms with Gasteiger partial charge in [-0.3, -0.25) is 9.52 Å². The summed E-state index contributed by atoms with van der Waals surface area (Å²) in [5, 5.41) is 2.81. The summed E-state index contributed by atoms with van der Waals surface area (Å²) in [5.74, 6) is -0.00702. The molecule has 3 rings (SSSR count). The fourth-order valence-electron chi connectivity index (χ4n) is 2.79. The molecule has 0 unspecified atom stereocenters. The van der Waals surface area contributed by atoms with Crippen molar-refractivity contribution in [1.82, 2.24) is 5.32 Å². The molecule has 0 aromatic heterocycles. The van der Waals surface area contributed by atoms with Gasteiger partial charge in [0.2, 0.25) is 0 Å². The highest BCUT2D eigenvalue weighted by molar-refractivity contribution is 7.92. The van der Waals surface area contributed by atoms with Crippen molar-refractivity contribution in [2.45, 2.75) is 17.7 Å². The zero-order valence-electron chi connectivity index (χ0n) is 16.8. The molecular weight excluding hydrogens is 419 g/mol. The summed E-state index contributed by atoms with van der Waals surface area (Å²) < 4.78 is 45.7. The molecule has 31 heavy (non-hydrogen) atoms. The van der Waals surface area contributed by atoms with Gasteiger partial charge in [-0.2, -0.15) is 0 Å². The first-order valence-corrected chi connectivity index (χ1v) is 11.3. The molecule has 0 saturated heterocycles. The number of amides is 1. The lowest BCUT2D eigenvalue weighted by atomic mass is 10.2. The predicted octanol–water partition coefficient (Wildman–Crippen LogP) is 4.22. The number of hydrogen-bond acceptors (Lipinski definition) is 4. The van der Waals surface area contributed by atoms with Crippen molar-refractivity contribution in [3.05, 3.63) is 90.2 Å². The molecule has 0 aliphatic carbocycles. The van der Waals surface area contributed by atoms with Gasteiger partial charge in [0.05, 0.1) is 11.5 Å². The van der Waals surface area contributed by atoms with E-state index in [1.807, 2.05) is 0 Å². The van der Waals surface area contributed by atoms with Crippen molar-refractivity contribution in [1.29, 1.82) is 0 Å². The van der Waals surface area contributed by atoms with Gasteiger partial charge in [0, 0.05) is 17.8 Å². The van der Waals surface area contributed by atoms with Crippen LogP contribution in [0.2, 0.25) is 0 Å². The minimum atomic E-state index is -3.72. The zero-order chi connectivity index (χ0) is 22.1. The second-order valence-corrected chi connectivity index (χ2v) is 8.45. The van der Waals surface area contributed by atoms with Gasteiger partial charge >= 0.3 is 0 Å². The largest absolute Gasteiger partial charge is 0.494 e. The fraction of sp³-hybridized carbons (Fsp3) is 0.174. The first-order chi connectivity index (χ1) is 14.9. The van der Waals surface area contributed by atoms with Crippen LogP contribution >= 0.6 is 0 Å². The highest BCUT2D eigenvalue weighted by Crippen LogP contribution is 2.17. The quantitative estimate of drug-likeness (QED) is 0.461. The number of rotatable bonds is 10. The maximum absolute atomic E-state index is 12.8. The maximum Gasteiger partial charge on any atom is 0.261 e. The Bertz CT molecular complexity index is 1100. The van der Waals surface area contributed by atoms with Crippen LogP contribution in [0, 0.1) is 5.82 Å². The Kier molecular flexibility index (Phi) is 7.61. The standard InChI is InChI=1S/C23H23FN2O4S/c24-19-11-13-21(14-12-19)30-16-5-4-15-25-23(27)18-7-6-8-20(17-18)26-31(28,29)22-9-2-1-3-10-22/h1-3,6-14,17,26H,4-5,15-16H2,(H,25,27). The number of anilines is 1. The molecule has 0 aliphatic heterocycles. The first kappa shape index (κ1) is 22.3. The second kappa shape index (κ2) is 10.6.